The number of furan rings is 1. The van der Waals surface area contributed by atoms with Gasteiger partial charge < -0.3 is 9.32 Å². The van der Waals surface area contributed by atoms with Gasteiger partial charge in [-0.15, -0.1) is 0 Å². The Kier molecular flexibility index (Phi) is 3.60. The highest BCUT2D eigenvalue weighted by Crippen LogP contribution is 2.10. The molecule has 0 aliphatic rings. The molecule has 2 aromatic rings. The highest BCUT2D eigenvalue weighted by Gasteiger charge is 2.11. The number of benzene rings is 1. The number of hydrogen-bond acceptors (Lipinski definition) is 2. The Balaban J connectivity index is 2.06. The average Bonchev–Trinajstić information content (AvgIpc) is 2.82. The lowest BCUT2D eigenvalue weighted by molar-refractivity contribution is -0.130. The van der Waals surface area contributed by atoms with Crippen LogP contribution in [0.3, 0.4) is 0 Å². The third kappa shape index (κ3) is 3.21. The lowest BCUT2D eigenvalue weighted by Crippen LogP contribution is -2.27. The van der Waals surface area contributed by atoms with Crippen molar-refractivity contribution in [3.8, 4) is 0 Å². The van der Waals surface area contributed by atoms with Crippen LogP contribution in [-0.4, -0.2) is 10.8 Å². The summed E-state index contributed by atoms with van der Waals surface area (Å²) in [7, 11) is 0. The van der Waals surface area contributed by atoms with Crippen molar-refractivity contribution in [2.24, 2.45) is 0 Å². The van der Waals surface area contributed by atoms with Gasteiger partial charge in [0.05, 0.1) is 12.8 Å². The van der Waals surface area contributed by atoms with Gasteiger partial charge in [-0.05, 0) is 17.7 Å². The molecule has 1 aromatic heterocycles. The van der Waals surface area contributed by atoms with Crippen LogP contribution in [-0.2, 0) is 17.9 Å². The van der Waals surface area contributed by atoms with Crippen LogP contribution in [0, 0.1) is 0 Å². The summed E-state index contributed by atoms with van der Waals surface area (Å²) < 4.78 is 5.26. The van der Waals surface area contributed by atoms with Gasteiger partial charge in [0.2, 0.25) is 5.91 Å². The van der Waals surface area contributed by atoms with E-state index in [4.69, 9.17) is 4.42 Å². The summed E-state index contributed by atoms with van der Waals surface area (Å²) in [5, 5.41) is 0. The Morgan fingerprint density at radius 2 is 1.88 bits per heavy atom. The molecule has 0 saturated carbocycles. The van der Waals surface area contributed by atoms with Crippen molar-refractivity contribution in [3.63, 3.8) is 0 Å². The van der Waals surface area contributed by atoms with E-state index in [1.165, 1.54) is 0 Å². The normalized spacial score (nSPS) is 10.2. The van der Waals surface area contributed by atoms with Crippen molar-refractivity contribution in [3.05, 3.63) is 60.1 Å². The maximum absolute atomic E-state index is 11.6. The van der Waals surface area contributed by atoms with E-state index < -0.39 is 0 Å². The zero-order valence-electron chi connectivity index (χ0n) is 9.80. The van der Waals surface area contributed by atoms with E-state index in [1.807, 2.05) is 42.5 Å². The van der Waals surface area contributed by atoms with E-state index >= 15 is 0 Å². The summed E-state index contributed by atoms with van der Waals surface area (Å²) in [6.07, 6.45) is 1.62. The first-order valence-electron chi connectivity index (χ1n) is 5.57. The maximum Gasteiger partial charge on any atom is 0.220 e. The van der Waals surface area contributed by atoms with Crippen LogP contribution in [0.5, 0.6) is 0 Å². The van der Waals surface area contributed by atoms with Gasteiger partial charge in [-0.3, -0.25) is 4.79 Å². The molecule has 3 heteroatoms. The van der Waals surface area contributed by atoms with E-state index in [2.05, 4.69) is 0 Å². The minimum Gasteiger partial charge on any atom is -0.467 e. The van der Waals surface area contributed by atoms with Crippen LogP contribution in [0.15, 0.2) is 53.1 Å². The van der Waals surface area contributed by atoms with Crippen molar-refractivity contribution in [1.82, 2.24) is 4.90 Å². The van der Waals surface area contributed by atoms with Crippen molar-refractivity contribution < 1.29 is 9.21 Å². The molecule has 0 radical (unpaired) electrons. The molecule has 1 aromatic carbocycles. The Morgan fingerprint density at radius 1 is 1.12 bits per heavy atom. The lowest BCUT2D eigenvalue weighted by atomic mass is 10.2. The van der Waals surface area contributed by atoms with Crippen LogP contribution in [0.4, 0.5) is 0 Å². The first-order chi connectivity index (χ1) is 8.25. The molecule has 0 unspecified atom stereocenters. The first kappa shape index (κ1) is 11.5. The van der Waals surface area contributed by atoms with Crippen LogP contribution in [0.1, 0.15) is 18.2 Å². The second kappa shape index (κ2) is 5.34. The van der Waals surface area contributed by atoms with Gasteiger partial charge in [0, 0.05) is 13.5 Å². The van der Waals surface area contributed by atoms with E-state index in [9.17, 15) is 4.79 Å². The topological polar surface area (TPSA) is 33.5 Å². The number of carbonyl (C=O) groups excluding carboxylic acids is 1. The lowest BCUT2D eigenvalue weighted by Gasteiger charge is -2.19. The monoisotopic (exact) mass is 229 g/mol. The molecule has 1 heterocycles. The predicted octanol–water partition coefficient (Wildman–Crippen LogP) is 2.83. The molecule has 3 nitrogen and oxygen atoms in total. The number of amides is 1. The predicted molar refractivity (Wildman–Crippen MR) is 65.1 cm³/mol. The molecule has 0 bridgehead atoms. The molecule has 2 rings (SSSR count). The van der Waals surface area contributed by atoms with Crippen molar-refractivity contribution in [1.29, 1.82) is 0 Å². The largest absolute Gasteiger partial charge is 0.467 e. The molecule has 0 aliphatic carbocycles. The van der Waals surface area contributed by atoms with Gasteiger partial charge in [-0.25, -0.2) is 0 Å². The van der Waals surface area contributed by atoms with Gasteiger partial charge in [-0.1, -0.05) is 30.3 Å². The number of hydrogen-bond donors (Lipinski definition) is 0. The minimum atomic E-state index is 0.0465. The summed E-state index contributed by atoms with van der Waals surface area (Å²) in [5.74, 6) is 0.849. The maximum atomic E-state index is 11.6. The zero-order chi connectivity index (χ0) is 12.1. The third-order valence-electron chi connectivity index (χ3n) is 2.59. The fourth-order valence-electron chi connectivity index (χ4n) is 1.67. The molecule has 0 atom stereocenters. The Hall–Kier alpha value is -2.03. The summed E-state index contributed by atoms with van der Waals surface area (Å²) >= 11 is 0. The van der Waals surface area contributed by atoms with Crippen LogP contribution in [0.2, 0.25) is 0 Å². The van der Waals surface area contributed by atoms with Gasteiger partial charge in [0.15, 0.2) is 0 Å². The smallest absolute Gasteiger partial charge is 0.220 e. The van der Waals surface area contributed by atoms with Gasteiger partial charge in [0.25, 0.3) is 0 Å². The fourth-order valence-corrected chi connectivity index (χ4v) is 1.67. The van der Waals surface area contributed by atoms with Crippen molar-refractivity contribution in [2.75, 3.05) is 0 Å². The number of carbonyl (C=O) groups is 1. The quantitative estimate of drug-likeness (QED) is 0.807. The van der Waals surface area contributed by atoms with Crippen LogP contribution >= 0.6 is 0 Å². The zero-order valence-corrected chi connectivity index (χ0v) is 9.80. The van der Waals surface area contributed by atoms with E-state index in [0.717, 1.165) is 11.3 Å². The summed E-state index contributed by atoms with van der Waals surface area (Å²) in [6.45, 7) is 2.69. The van der Waals surface area contributed by atoms with Gasteiger partial charge in [0.1, 0.15) is 5.76 Å². The minimum absolute atomic E-state index is 0.0465. The Labute approximate surface area is 101 Å². The molecule has 0 N–H and O–H groups in total. The second-order valence-electron chi connectivity index (χ2n) is 3.94. The SMILES string of the molecule is CC(=O)N(Cc1ccccc1)Cc1ccco1. The molecule has 1 amide bonds. The molecule has 17 heavy (non-hydrogen) atoms. The Bertz CT molecular complexity index is 462. The average molecular weight is 229 g/mol. The van der Waals surface area contributed by atoms with Crippen LogP contribution in [0.25, 0.3) is 0 Å². The van der Waals surface area contributed by atoms with Crippen molar-refractivity contribution in [2.45, 2.75) is 20.0 Å². The number of rotatable bonds is 4. The first-order valence-corrected chi connectivity index (χ1v) is 5.57. The summed E-state index contributed by atoms with van der Waals surface area (Å²) in [4.78, 5) is 13.3. The molecule has 88 valence electrons. The standard InChI is InChI=1S/C14H15NO2/c1-12(16)15(11-14-8-5-9-17-14)10-13-6-3-2-4-7-13/h2-9H,10-11H2,1H3. The van der Waals surface area contributed by atoms with Crippen LogP contribution < -0.4 is 0 Å². The van der Waals surface area contributed by atoms with Gasteiger partial charge >= 0.3 is 0 Å². The Morgan fingerprint density at radius 3 is 2.47 bits per heavy atom. The summed E-state index contributed by atoms with van der Waals surface area (Å²) in [6, 6.07) is 13.6. The fraction of sp³-hybridized carbons (Fsp3) is 0.214. The molecular weight excluding hydrogens is 214 g/mol. The highest BCUT2D eigenvalue weighted by atomic mass is 16.3. The summed E-state index contributed by atoms with van der Waals surface area (Å²) in [5.41, 5.74) is 1.12. The van der Waals surface area contributed by atoms with E-state index in [1.54, 1.807) is 18.1 Å². The molecule has 0 fully saturated rings. The highest BCUT2D eigenvalue weighted by molar-refractivity contribution is 5.73. The van der Waals surface area contributed by atoms with Crippen molar-refractivity contribution >= 4 is 5.91 Å². The molecular formula is C14H15NO2. The molecule has 0 saturated heterocycles. The van der Waals surface area contributed by atoms with E-state index in [0.29, 0.717) is 13.1 Å². The van der Waals surface area contributed by atoms with E-state index in [-0.39, 0.29) is 5.91 Å². The molecule has 0 aliphatic heterocycles. The van der Waals surface area contributed by atoms with Gasteiger partial charge in [-0.2, -0.15) is 0 Å². The second-order valence-corrected chi connectivity index (χ2v) is 3.94. The number of nitrogens with zero attached hydrogens (tertiary/aromatic N) is 1. The molecule has 0 spiro atoms. The third-order valence-corrected chi connectivity index (χ3v) is 2.59.